The zero-order valence-electron chi connectivity index (χ0n) is 17.0. The van der Waals surface area contributed by atoms with Crippen molar-refractivity contribution in [2.24, 2.45) is 0 Å². The molecule has 0 aliphatic heterocycles. The van der Waals surface area contributed by atoms with Crippen molar-refractivity contribution in [2.45, 2.75) is 63.2 Å². The Kier molecular flexibility index (Phi) is 5.09. The van der Waals surface area contributed by atoms with Crippen molar-refractivity contribution in [1.82, 2.24) is 0 Å². The van der Waals surface area contributed by atoms with Gasteiger partial charge in [-0.3, -0.25) is 4.79 Å². The molecule has 1 N–H and O–H groups in total. The molecule has 0 heterocycles. The van der Waals surface area contributed by atoms with Crippen LogP contribution in [0, 0.1) is 0 Å². The number of ether oxygens (including phenoxy) is 1. The number of hydrogen-bond acceptors (Lipinski definition) is 2. The number of anilines is 1. The predicted molar refractivity (Wildman–Crippen MR) is 110 cm³/mol. The highest BCUT2D eigenvalue weighted by Gasteiger charge is 2.59. The third-order valence-corrected chi connectivity index (χ3v) is 6.45. The molecule has 2 aromatic carbocycles. The SMILES string of the molecule is COc1cc2c(cc1NC(=O)c1ccc(C3(C(C)(F)F)CC3)cc1)CCCCC2. The van der Waals surface area contributed by atoms with E-state index in [2.05, 4.69) is 5.32 Å². The fraction of sp³-hybridized carbons (Fsp3) is 0.458. The van der Waals surface area contributed by atoms with Crippen LogP contribution in [0.4, 0.5) is 14.5 Å². The highest BCUT2D eigenvalue weighted by atomic mass is 19.3. The van der Waals surface area contributed by atoms with Crippen molar-refractivity contribution < 1.29 is 18.3 Å². The van der Waals surface area contributed by atoms with E-state index in [-0.39, 0.29) is 5.91 Å². The molecular weight excluding hydrogens is 372 g/mol. The van der Waals surface area contributed by atoms with Gasteiger partial charge in [-0.2, -0.15) is 0 Å². The van der Waals surface area contributed by atoms with Gasteiger partial charge in [0.15, 0.2) is 0 Å². The van der Waals surface area contributed by atoms with Gasteiger partial charge in [0.25, 0.3) is 11.8 Å². The lowest BCUT2D eigenvalue weighted by atomic mass is 9.89. The third kappa shape index (κ3) is 3.75. The van der Waals surface area contributed by atoms with Crippen molar-refractivity contribution in [3.8, 4) is 5.75 Å². The van der Waals surface area contributed by atoms with Gasteiger partial charge in [-0.05, 0) is 79.5 Å². The van der Waals surface area contributed by atoms with Gasteiger partial charge in [0.1, 0.15) is 5.75 Å². The van der Waals surface area contributed by atoms with Crippen molar-refractivity contribution in [3.05, 3.63) is 58.7 Å². The molecule has 4 rings (SSSR count). The second-order valence-electron chi connectivity index (χ2n) is 8.38. The number of hydrogen-bond donors (Lipinski definition) is 1. The Balaban J connectivity index is 1.55. The van der Waals surface area contributed by atoms with E-state index in [1.807, 2.05) is 12.1 Å². The van der Waals surface area contributed by atoms with Crippen LogP contribution in [0.5, 0.6) is 5.75 Å². The number of aryl methyl sites for hydroxylation is 2. The van der Waals surface area contributed by atoms with Gasteiger partial charge in [-0.15, -0.1) is 0 Å². The Hall–Kier alpha value is -2.43. The summed E-state index contributed by atoms with van der Waals surface area (Å²) in [5.41, 5.74) is 3.18. The third-order valence-electron chi connectivity index (χ3n) is 6.45. The molecule has 1 fully saturated rings. The Morgan fingerprint density at radius 1 is 1.03 bits per heavy atom. The summed E-state index contributed by atoms with van der Waals surface area (Å²) in [5, 5.41) is 2.94. The molecule has 0 unspecified atom stereocenters. The van der Waals surface area contributed by atoms with Crippen molar-refractivity contribution in [2.75, 3.05) is 12.4 Å². The summed E-state index contributed by atoms with van der Waals surface area (Å²) in [7, 11) is 1.60. The highest BCUT2D eigenvalue weighted by Crippen LogP contribution is 2.58. The van der Waals surface area contributed by atoms with Crippen LogP contribution in [0.15, 0.2) is 36.4 Å². The normalized spacial score (nSPS) is 17.8. The first-order chi connectivity index (χ1) is 13.8. The first-order valence-electron chi connectivity index (χ1n) is 10.3. The molecule has 0 aromatic heterocycles. The maximum Gasteiger partial charge on any atom is 0.255 e. The molecule has 5 heteroatoms. The van der Waals surface area contributed by atoms with E-state index in [0.717, 1.165) is 26.2 Å². The molecule has 0 saturated heterocycles. The van der Waals surface area contributed by atoms with Crippen LogP contribution in [0.2, 0.25) is 0 Å². The molecule has 154 valence electrons. The highest BCUT2D eigenvalue weighted by molar-refractivity contribution is 6.05. The van der Waals surface area contributed by atoms with E-state index in [4.69, 9.17) is 4.74 Å². The Labute approximate surface area is 170 Å². The van der Waals surface area contributed by atoms with Gasteiger partial charge in [-0.1, -0.05) is 18.6 Å². The fourth-order valence-corrected chi connectivity index (χ4v) is 4.45. The van der Waals surface area contributed by atoms with E-state index >= 15 is 0 Å². The molecule has 3 nitrogen and oxygen atoms in total. The molecule has 0 spiro atoms. The Bertz CT molecular complexity index is 912. The number of carbonyl (C=O) groups excluding carboxylic acids is 1. The van der Waals surface area contributed by atoms with Crippen LogP contribution < -0.4 is 10.1 Å². The monoisotopic (exact) mass is 399 g/mol. The Morgan fingerprint density at radius 2 is 1.66 bits per heavy atom. The van der Waals surface area contributed by atoms with Crippen LogP contribution >= 0.6 is 0 Å². The van der Waals surface area contributed by atoms with Gasteiger partial charge in [-0.25, -0.2) is 8.78 Å². The fourth-order valence-electron chi connectivity index (χ4n) is 4.45. The summed E-state index contributed by atoms with van der Waals surface area (Å²) >= 11 is 0. The lowest BCUT2D eigenvalue weighted by molar-refractivity contribution is -0.0200. The smallest absolute Gasteiger partial charge is 0.255 e. The number of benzene rings is 2. The number of carbonyl (C=O) groups is 1. The topological polar surface area (TPSA) is 38.3 Å². The molecule has 0 atom stereocenters. The summed E-state index contributed by atoms with van der Waals surface area (Å²) in [4.78, 5) is 12.8. The minimum absolute atomic E-state index is 0.267. The molecule has 29 heavy (non-hydrogen) atoms. The maximum absolute atomic E-state index is 14.0. The molecule has 1 saturated carbocycles. The lowest BCUT2D eigenvalue weighted by Gasteiger charge is -2.23. The summed E-state index contributed by atoms with van der Waals surface area (Å²) in [5.74, 6) is -2.37. The molecule has 2 aromatic rings. The van der Waals surface area contributed by atoms with E-state index in [1.54, 1.807) is 31.4 Å². The second-order valence-corrected chi connectivity index (χ2v) is 8.38. The summed E-state index contributed by atoms with van der Waals surface area (Å²) < 4.78 is 33.4. The first kappa shape index (κ1) is 19.9. The Morgan fingerprint density at radius 3 is 2.21 bits per heavy atom. The van der Waals surface area contributed by atoms with E-state index in [1.165, 1.54) is 24.0 Å². The van der Waals surface area contributed by atoms with Gasteiger partial charge in [0.2, 0.25) is 0 Å². The molecule has 2 aliphatic rings. The molecular formula is C24H27F2NO2. The number of nitrogens with one attached hydrogen (secondary N) is 1. The molecule has 1 amide bonds. The lowest BCUT2D eigenvalue weighted by Crippen LogP contribution is -2.30. The zero-order chi connectivity index (χ0) is 20.6. The summed E-state index contributed by atoms with van der Waals surface area (Å²) in [6, 6.07) is 10.6. The summed E-state index contributed by atoms with van der Waals surface area (Å²) in [6.45, 7) is 0.977. The first-order valence-corrected chi connectivity index (χ1v) is 10.3. The minimum atomic E-state index is -2.76. The standard InChI is InChI=1S/C24H27F2NO2/c1-23(25,26)24(12-13-24)19-10-8-16(9-11-19)22(28)27-20-14-17-6-4-3-5-7-18(17)15-21(20)29-2/h8-11,14-15H,3-7,12-13H2,1-2H3,(H,27,28). The molecule has 0 bridgehead atoms. The van der Waals surface area contributed by atoms with Gasteiger partial charge in [0.05, 0.1) is 18.2 Å². The molecule has 0 radical (unpaired) electrons. The van der Waals surface area contributed by atoms with Crippen LogP contribution in [-0.2, 0) is 18.3 Å². The van der Waals surface area contributed by atoms with Gasteiger partial charge in [0, 0.05) is 12.5 Å². The van der Waals surface area contributed by atoms with Crippen LogP contribution in [-0.4, -0.2) is 18.9 Å². The van der Waals surface area contributed by atoms with E-state index < -0.39 is 11.3 Å². The number of amides is 1. The van der Waals surface area contributed by atoms with Gasteiger partial charge < -0.3 is 10.1 Å². The van der Waals surface area contributed by atoms with E-state index in [9.17, 15) is 13.6 Å². The predicted octanol–water partition coefficient (Wildman–Crippen LogP) is 5.90. The van der Waals surface area contributed by atoms with Crippen LogP contribution in [0.1, 0.15) is 66.1 Å². The second kappa shape index (κ2) is 7.43. The van der Waals surface area contributed by atoms with Gasteiger partial charge >= 0.3 is 0 Å². The minimum Gasteiger partial charge on any atom is -0.495 e. The molecule has 2 aliphatic carbocycles. The number of halogens is 2. The number of rotatable bonds is 5. The largest absolute Gasteiger partial charge is 0.495 e. The van der Waals surface area contributed by atoms with Crippen molar-refractivity contribution in [1.29, 1.82) is 0 Å². The number of methoxy groups -OCH3 is 1. The number of alkyl halides is 2. The van der Waals surface area contributed by atoms with Crippen LogP contribution in [0.25, 0.3) is 0 Å². The van der Waals surface area contributed by atoms with Crippen molar-refractivity contribution in [3.63, 3.8) is 0 Å². The average molecular weight is 399 g/mol. The van der Waals surface area contributed by atoms with Crippen LogP contribution in [0.3, 0.4) is 0 Å². The quantitative estimate of drug-likeness (QED) is 0.636. The average Bonchev–Trinajstić information content (AvgIpc) is 3.52. The summed E-state index contributed by atoms with van der Waals surface area (Å²) in [6.07, 6.45) is 6.53. The van der Waals surface area contributed by atoms with E-state index in [0.29, 0.717) is 35.4 Å². The maximum atomic E-state index is 14.0. The number of fused-ring (bicyclic) bond motifs is 1. The zero-order valence-corrected chi connectivity index (χ0v) is 17.0. The van der Waals surface area contributed by atoms with Crippen molar-refractivity contribution >= 4 is 11.6 Å².